The van der Waals surface area contributed by atoms with E-state index < -0.39 is 0 Å². The number of halogens is 1. The number of methoxy groups -OCH3 is 1. The summed E-state index contributed by atoms with van der Waals surface area (Å²) in [5, 5.41) is 7.38. The van der Waals surface area contributed by atoms with Gasteiger partial charge in [-0.25, -0.2) is 9.97 Å². The van der Waals surface area contributed by atoms with Crippen LogP contribution >= 0.6 is 11.6 Å². The average molecular weight is 488 g/mol. The third-order valence-corrected chi connectivity index (χ3v) is 5.97. The maximum Gasteiger partial charge on any atom is 0.229 e. The predicted molar refractivity (Wildman–Crippen MR) is 140 cm³/mol. The van der Waals surface area contributed by atoms with Gasteiger partial charge in [0.1, 0.15) is 23.0 Å². The van der Waals surface area contributed by atoms with E-state index in [4.69, 9.17) is 26.3 Å². The van der Waals surface area contributed by atoms with Gasteiger partial charge in [-0.1, -0.05) is 54.1 Å². The molecule has 0 saturated carbocycles. The van der Waals surface area contributed by atoms with Gasteiger partial charge in [0.15, 0.2) is 0 Å². The van der Waals surface area contributed by atoms with E-state index in [1.54, 1.807) is 19.6 Å². The maximum atomic E-state index is 5.99. The first-order valence-electron chi connectivity index (χ1n) is 11.2. The highest BCUT2D eigenvalue weighted by Gasteiger charge is 2.24. The van der Waals surface area contributed by atoms with E-state index >= 15 is 0 Å². The molecule has 0 bridgehead atoms. The molecule has 0 saturated heterocycles. The Hall–Kier alpha value is -3.88. The number of nitrogens with zero attached hydrogens (tertiary/aromatic N) is 5. The largest absolute Gasteiger partial charge is 0.494 e. The molecule has 2 aromatic heterocycles. The average Bonchev–Trinajstić information content (AvgIpc) is 3.19. The van der Waals surface area contributed by atoms with Gasteiger partial charge in [-0.05, 0) is 17.7 Å². The zero-order valence-corrected chi connectivity index (χ0v) is 20.5. The van der Waals surface area contributed by atoms with Gasteiger partial charge in [0.05, 0.1) is 24.5 Å². The minimum Gasteiger partial charge on any atom is -0.494 e. The molecule has 35 heavy (non-hydrogen) atoms. The SMILES string of the molecule is COc1cc(Nc2nc3c(c(N(C)C)n2)C=CCNC3c2ccccc2)ccc1-n1cnc(Cl)c1. The van der Waals surface area contributed by atoms with Crippen LogP contribution in [0, 0.1) is 0 Å². The van der Waals surface area contributed by atoms with Crippen molar-refractivity contribution in [3.05, 3.63) is 89.1 Å². The third kappa shape index (κ3) is 4.71. The highest BCUT2D eigenvalue weighted by atomic mass is 35.5. The maximum absolute atomic E-state index is 5.99. The second kappa shape index (κ2) is 9.77. The van der Waals surface area contributed by atoms with Crippen LogP contribution in [0.15, 0.2) is 67.1 Å². The minimum atomic E-state index is -0.0636. The van der Waals surface area contributed by atoms with Gasteiger partial charge in [0.2, 0.25) is 5.95 Å². The van der Waals surface area contributed by atoms with Crippen LogP contribution in [0.1, 0.15) is 22.9 Å². The van der Waals surface area contributed by atoms with Crippen molar-refractivity contribution in [3.8, 4) is 11.4 Å². The van der Waals surface area contributed by atoms with E-state index in [-0.39, 0.29) is 6.04 Å². The van der Waals surface area contributed by atoms with Gasteiger partial charge in [-0.15, -0.1) is 0 Å². The molecule has 1 unspecified atom stereocenters. The molecular formula is C26H26ClN7O. The van der Waals surface area contributed by atoms with Gasteiger partial charge in [0.25, 0.3) is 0 Å². The summed E-state index contributed by atoms with van der Waals surface area (Å²) in [5.74, 6) is 2.01. The summed E-state index contributed by atoms with van der Waals surface area (Å²) >= 11 is 5.99. The lowest BCUT2D eigenvalue weighted by atomic mass is 10.00. The summed E-state index contributed by atoms with van der Waals surface area (Å²) in [6.45, 7) is 0.739. The number of hydrogen-bond donors (Lipinski definition) is 2. The van der Waals surface area contributed by atoms with Crippen LogP contribution in [0.4, 0.5) is 17.5 Å². The van der Waals surface area contributed by atoms with Crippen molar-refractivity contribution in [1.82, 2.24) is 24.8 Å². The van der Waals surface area contributed by atoms with Crippen molar-refractivity contribution < 1.29 is 4.74 Å². The summed E-state index contributed by atoms with van der Waals surface area (Å²) in [6, 6.07) is 16.1. The van der Waals surface area contributed by atoms with Crippen LogP contribution in [-0.4, -0.2) is 47.3 Å². The molecule has 4 aromatic rings. The molecule has 2 N–H and O–H groups in total. The van der Waals surface area contributed by atoms with Gasteiger partial charge in [-0.3, -0.25) is 0 Å². The van der Waals surface area contributed by atoms with Gasteiger partial charge in [-0.2, -0.15) is 4.98 Å². The van der Waals surface area contributed by atoms with E-state index in [9.17, 15) is 0 Å². The van der Waals surface area contributed by atoms with E-state index in [0.717, 1.165) is 40.6 Å². The number of aromatic nitrogens is 4. The predicted octanol–water partition coefficient (Wildman–Crippen LogP) is 4.84. The van der Waals surface area contributed by atoms with Crippen LogP contribution in [0.2, 0.25) is 5.15 Å². The van der Waals surface area contributed by atoms with Crippen molar-refractivity contribution >= 4 is 35.1 Å². The number of rotatable bonds is 6. The summed E-state index contributed by atoms with van der Waals surface area (Å²) in [6.07, 6.45) is 7.59. The Labute approximate surface area is 209 Å². The Morgan fingerprint density at radius 1 is 1.14 bits per heavy atom. The highest BCUT2D eigenvalue weighted by Crippen LogP contribution is 2.34. The molecule has 0 fully saturated rings. The van der Waals surface area contributed by atoms with Crippen LogP contribution in [0.5, 0.6) is 5.75 Å². The summed E-state index contributed by atoms with van der Waals surface area (Å²) in [4.78, 5) is 15.9. The van der Waals surface area contributed by atoms with E-state index in [1.165, 1.54) is 0 Å². The molecule has 2 aromatic carbocycles. The number of nitrogens with one attached hydrogen (secondary N) is 2. The molecule has 3 heterocycles. The molecule has 9 heteroatoms. The monoisotopic (exact) mass is 487 g/mol. The molecule has 5 rings (SSSR count). The summed E-state index contributed by atoms with van der Waals surface area (Å²) < 4.78 is 7.45. The van der Waals surface area contributed by atoms with Gasteiger partial charge >= 0.3 is 0 Å². The van der Waals surface area contributed by atoms with Gasteiger partial charge < -0.3 is 24.8 Å². The zero-order chi connectivity index (χ0) is 24.4. The van der Waals surface area contributed by atoms with Crippen molar-refractivity contribution in [2.45, 2.75) is 6.04 Å². The molecule has 1 aliphatic rings. The topological polar surface area (TPSA) is 80.1 Å². The van der Waals surface area contributed by atoms with Gasteiger partial charge in [0, 0.05) is 44.2 Å². The fraction of sp³-hybridized carbons (Fsp3) is 0.192. The lowest BCUT2D eigenvalue weighted by Crippen LogP contribution is -2.24. The first kappa shape index (κ1) is 22.9. The van der Waals surface area contributed by atoms with Crippen LogP contribution in [0.25, 0.3) is 11.8 Å². The van der Waals surface area contributed by atoms with E-state index in [2.05, 4.69) is 39.9 Å². The van der Waals surface area contributed by atoms with Crippen molar-refractivity contribution in [2.75, 3.05) is 38.0 Å². The Balaban J connectivity index is 1.55. The summed E-state index contributed by atoms with van der Waals surface area (Å²) in [5.41, 5.74) is 4.70. The molecule has 0 spiro atoms. The number of benzene rings is 2. The molecule has 0 radical (unpaired) electrons. The molecule has 1 atom stereocenters. The fourth-order valence-corrected chi connectivity index (χ4v) is 4.31. The molecule has 178 valence electrons. The minimum absolute atomic E-state index is 0.0636. The molecular weight excluding hydrogens is 462 g/mol. The molecule has 0 amide bonds. The zero-order valence-electron chi connectivity index (χ0n) is 19.7. The second-order valence-corrected chi connectivity index (χ2v) is 8.72. The van der Waals surface area contributed by atoms with Crippen LogP contribution < -0.4 is 20.3 Å². The normalized spacial score (nSPS) is 14.8. The van der Waals surface area contributed by atoms with E-state index in [1.807, 2.05) is 60.0 Å². The smallest absolute Gasteiger partial charge is 0.229 e. The quantitative estimate of drug-likeness (QED) is 0.403. The molecule has 8 nitrogen and oxygen atoms in total. The summed E-state index contributed by atoms with van der Waals surface area (Å²) in [7, 11) is 5.61. The number of ether oxygens (including phenoxy) is 1. The van der Waals surface area contributed by atoms with Crippen molar-refractivity contribution in [2.24, 2.45) is 0 Å². The molecule has 1 aliphatic heterocycles. The van der Waals surface area contributed by atoms with Crippen molar-refractivity contribution in [3.63, 3.8) is 0 Å². The second-order valence-electron chi connectivity index (χ2n) is 8.33. The Morgan fingerprint density at radius 3 is 2.69 bits per heavy atom. The lowest BCUT2D eigenvalue weighted by Gasteiger charge is -2.23. The molecule has 0 aliphatic carbocycles. The van der Waals surface area contributed by atoms with Crippen molar-refractivity contribution in [1.29, 1.82) is 0 Å². The highest BCUT2D eigenvalue weighted by molar-refractivity contribution is 6.29. The standard InChI is InChI=1S/C26H26ClN7O/c1-33(2)25-19-10-7-13-28-23(17-8-5-4-6-9-17)24(19)31-26(32-25)30-18-11-12-20(21(14-18)35-3)34-15-22(27)29-16-34/h4-12,14-16,23,28H,13H2,1-3H3,(H,30,31,32). The number of imidazole rings is 1. The first-order valence-corrected chi connectivity index (χ1v) is 11.6. The third-order valence-electron chi connectivity index (χ3n) is 5.77. The Bertz CT molecular complexity index is 1370. The Morgan fingerprint density at radius 2 is 1.97 bits per heavy atom. The number of anilines is 3. The first-order chi connectivity index (χ1) is 17.0. The number of fused-ring (bicyclic) bond motifs is 1. The Kier molecular flexibility index (Phi) is 6.39. The van der Waals surface area contributed by atoms with Crippen LogP contribution in [0.3, 0.4) is 0 Å². The lowest BCUT2D eigenvalue weighted by molar-refractivity contribution is 0.413. The van der Waals surface area contributed by atoms with E-state index in [0.29, 0.717) is 16.9 Å². The number of hydrogen-bond acceptors (Lipinski definition) is 7. The van der Waals surface area contributed by atoms with Crippen LogP contribution in [-0.2, 0) is 0 Å². The fourth-order valence-electron chi connectivity index (χ4n) is 4.16.